The lowest BCUT2D eigenvalue weighted by molar-refractivity contribution is -0.144. The maximum absolute atomic E-state index is 11.1. The van der Waals surface area contributed by atoms with E-state index in [1.807, 2.05) is 0 Å². The highest BCUT2D eigenvalue weighted by Crippen LogP contribution is 1.99. The van der Waals surface area contributed by atoms with Crippen LogP contribution in [0.4, 0.5) is 0 Å². The minimum absolute atomic E-state index is 0.162. The molecule has 0 saturated heterocycles. The molecule has 14 heavy (non-hydrogen) atoms. The van der Waals surface area contributed by atoms with Gasteiger partial charge in [-0.1, -0.05) is 0 Å². The van der Waals surface area contributed by atoms with Crippen LogP contribution in [0.1, 0.15) is 13.8 Å². The fraction of sp³-hybridized carbons (Fsp3) is 0.556. The van der Waals surface area contributed by atoms with Gasteiger partial charge in [0.25, 0.3) is 0 Å². The van der Waals surface area contributed by atoms with Crippen molar-refractivity contribution in [3.05, 3.63) is 11.8 Å². The largest absolute Gasteiger partial charge is 0.490 e. The molecule has 0 atom stereocenters. The molecule has 0 aromatic carbocycles. The molecule has 0 rings (SSSR count). The number of hydrogen-bond donors (Lipinski definition) is 0. The second-order valence-electron chi connectivity index (χ2n) is 2.19. The van der Waals surface area contributed by atoms with Gasteiger partial charge in [0.2, 0.25) is 5.76 Å². The zero-order valence-electron chi connectivity index (χ0n) is 8.53. The Kier molecular flexibility index (Phi) is 6.19. The van der Waals surface area contributed by atoms with Crippen LogP contribution in [0.2, 0.25) is 0 Å². The Hall–Kier alpha value is -1.52. The van der Waals surface area contributed by atoms with E-state index in [1.54, 1.807) is 13.8 Å². The molecule has 0 unspecified atom stereocenters. The van der Waals surface area contributed by atoms with Gasteiger partial charge >= 0.3 is 11.9 Å². The summed E-state index contributed by atoms with van der Waals surface area (Å²) in [4.78, 5) is 22.0. The van der Waals surface area contributed by atoms with E-state index in [4.69, 9.17) is 0 Å². The van der Waals surface area contributed by atoms with Crippen LogP contribution in [-0.4, -0.2) is 32.3 Å². The number of ether oxygens (including phenoxy) is 3. The molecule has 0 radical (unpaired) electrons. The van der Waals surface area contributed by atoms with Crippen LogP contribution in [-0.2, 0) is 23.8 Å². The third-order valence-corrected chi connectivity index (χ3v) is 1.23. The Morgan fingerprint density at radius 1 is 1.14 bits per heavy atom. The monoisotopic (exact) mass is 202 g/mol. The maximum atomic E-state index is 11.1. The maximum Gasteiger partial charge on any atom is 0.373 e. The number of methoxy groups -OCH3 is 1. The molecule has 0 spiro atoms. The summed E-state index contributed by atoms with van der Waals surface area (Å²) >= 11 is 0. The topological polar surface area (TPSA) is 61.8 Å². The molecule has 5 nitrogen and oxygen atoms in total. The Bertz CT molecular complexity index is 231. The van der Waals surface area contributed by atoms with Crippen molar-refractivity contribution in [3.63, 3.8) is 0 Å². The first kappa shape index (κ1) is 12.5. The van der Waals surface area contributed by atoms with E-state index in [0.29, 0.717) is 0 Å². The van der Waals surface area contributed by atoms with Gasteiger partial charge in [-0.2, -0.15) is 0 Å². The summed E-state index contributed by atoms with van der Waals surface area (Å²) in [5.41, 5.74) is 0. The molecule has 0 aromatic heterocycles. The highest BCUT2D eigenvalue weighted by molar-refractivity contribution is 5.94. The molecule has 0 aliphatic carbocycles. The van der Waals surface area contributed by atoms with Gasteiger partial charge in [0.15, 0.2) is 0 Å². The van der Waals surface area contributed by atoms with Crippen LogP contribution in [0, 0.1) is 0 Å². The van der Waals surface area contributed by atoms with Crippen molar-refractivity contribution in [2.24, 2.45) is 0 Å². The quantitative estimate of drug-likeness (QED) is 0.372. The lowest BCUT2D eigenvalue weighted by atomic mass is 10.4. The van der Waals surface area contributed by atoms with Gasteiger partial charge in [-0.3, -0.25) is 0 Å². The van der Waals surface area contributed by atoms with Crippen molar-refractivity contribution >= 4 is 11.9 Å². The van der Waals surface area contributed by atoms with Crippen molar-refractivity contribution < 1.29 is 23.8 Å². The van der Waals surface area contributed by atoms with Crippen LogP contribution in [0.25, 0.3) is 0 Å². The van der Waals surface area contributed by atoms with E-state index < -0.39 is 11.9 Å². The number of esters is 2. The summed E-state index contributed by atoms with van der Waals surface area (Å²) in [5, 5.41) is 0. The van der Waals surface area contributed by atoms with Crippen LogP contribution in [0.5, 0.6) is 0 Å². The number of hydrogen-bond acceptors (Lipinski definition) is 5. The van der Waals surface area contributed by atoms with Gasteiger partial charge in [-0.15, -0.1) is 0 Å². The highest BCUT2D eigenvalue weighted by atomic mass is 16.6. The van der Waals surface area contributed by atoms with Gasteiger partial charge in [0.05, 0.1) is 26.4 Å². The van der Waals surface area contributed by atoms with Crippen molar-refractivity contribution in [3.8, 4) is 0 Å². The highest BCUT2D eigenvalue weighted by Gasteiger charge is 2.13. The molecule has 0 aliphatic heterocycles. The van der Waals surface area contributed by atoms with E-state index in [-0.39, 0.29) is 19.0 Å². The smallest absolute Gasteiger partial charge is 0.373 e. The van der Waals surface area contributed by atoms with Crippen molar-refractivity contribution in [2.45, 2.75) is 13.8 Å². The van der Waals surface area contributed by atoms with E-state index >= 15 is 0 Å². The standard InChI is InChI=1S/C9H14O5/c1-4-13-8(10)6-7(12-3)9(11)14-5-2/h6H,4-5H2,1-3H3/b7-6+. The molecule has 0 heterocycles. The lowest BCUT2D eigenvalue weighted by Crippen LogP contribution is -2.12. The second-order valence-corrected chi connectivity index (χ2v) is 2.19. The molecular weight excluding hydrogens is 188 g/mol. The lowest BCUT2D eigenvalue weighted by Gasteiger charge is -2.04. The minimum atomic E-state index is -0.678. The number of carbonyl (C=O) groups is 2. The summed E-state index contributed by atoms with van der Waals surface area (Å²) in [6, 6.07) is 0. The fourth-order valence-electron chi connectivity index (χ4n) is 0.694. The molecular formula is C9H14O5. The van der Waals surface area contributed by atoms with E-state index in [9.17, 15) is 9.59 Å². The van der Waals surface area contributed by atoms with Gasteiger partial charge in [-0.25, -0.2) is 9.59 Å². The summed E-state index contributed by atoms with van der Waals surface area (Å²) in [6.07, 6.45) is 0.960. The average Bonchev–Trinajstić information content (AvgIpc) is 2.15. The number of carbonyl (C=O) groups excluding carboxylic acids is 2. The second kappa shape index (κ2) is 6.94. The Balaban J connectivity index is 4.38. The minimum Gasteiger partial charge on any atom is -0.490 e. The van der Waals surface area contributed by atoms with Crippen LogP contribution < -0.4 is 0 Å². The molecule has 0 aromatic rings. The van der Waals surface area contributed by atoms with Gasteiger partial charge in [0, 0.05) is 0 Å². The van der Waals surface area contributed by atoms with Crippen molar-refractivity contribution in [1.29, 1.82) is 0 Å². The average molecular weight is 202 g/mol. The van der Waals surface area contributed by atoms with E-state index in [1.165, 1.54) is 7.11 Å². The Morgan fingerprint density at radius 3 is 2.14 bits per heavy atom. The molecule has 80 valence electrons. The summed E-state index contributed by atoms with van der Waals surface area (Å²) in [7, 11) is 1.28. The fourth-order valence-corrected chi connectivity index (χ4v) is 0.694. The zero-order chi connectivity index (χ0) is 11.0. The van der Waals surface area contributed by atoms with Crippen molar-refractivity contribution in [1.82, 2.24) is 0 Å². The third kappa shape index (κ3) is 4.49. The van der Waals surface area contributed by atoms with E-state index in [2.05, 4.69) is 14.2 Å². The summed E-state index contributed by atoms with van der Waals surface area (Å²) < 4.78 is 13.9. The molecule has 0 aliphatic rings. The van der Waals surface area contributed by atoms with Crippen LogP contribution in [0.3, 0.4) is 0 Å². The van der Waals surface area contributed by atoms with Crippen molar-refractivity contribution in [2.75, 3.05) is 20.3 Å². The predicted molar refractivity (Wildman–Crippen MR) is 48.4 cm³/mol. The van der Waals surface area contributed by atoms with Crippen LogP contribution >= 0.6 is 0 Å². The summed E-state index contributed by atoms with van der Waals surface area (Å²) in [5.74, 6) is -1.47. The van der Waals surface area contributed by atoms with Gasteiger partial charge < -0.3 is 14.2 Å². The van der Waals surface area contributed by atoms with Gasteiger partial charge in [-0.05, 0) is 13.8 Å². The first-order valence-electron chi connectivity index (χ1n) is 4.25. The van der Waals surface area contributed by atoms with Crippen LogP contribution in [0.15, 0.2) is 11.8 Å². The zero-order valence-corrected chi connectivity index (χ0v) is 8.53. The normalized spacial score (nSPS) is 10.6. The molecule has 0 N–H and O–H groups in total. The van der Waals surface area contributed by atoms with E-state index in [0.717, 1.165) is 6.08 Å². The van der Waals surface area contributed by atoms with Gasteiger partial charge in [0.1, 0.15) is 0 Å². The number of rotatable bonds is 5. The molecule has 0 fully saturated rings. The Morgan fingerprint density at radius 2 is 1.71 bits per heavy atom. The molecule has 0 amide bonds. The first-order valence-corrected chi connectivity index (χ1v) is 4.25. The molecule has 5 heteroatoms. The molecule has 0 bridgehead atoms. The predicted octanol–water partition coefficient (Wildman–Crippen LogP) is 0.643. The summed E-state index contributed by atoms with van der Waals surface area (Å²) in [6.45, 7) is 3.80. The molecule has 0 saturated carbocycles. The first-order chi connectivity index (χ1) is 6.65. The Labute approximate surface area is 82.6 Å². The SMILES string of the molecule is CCOC(=O)/C=C(/OC)C(=O)OCC. The third-order valence-electron chi connectivity index (χ3n) is 1.23.